The second-order valence-corrected chi connectivity index (χ2v) is 5.61. The van der Waals surface area contributed by atoms with Crippen LogP contribution >= 0.6 is 0 Å². The van der Waals surface area contributed by atoms with Crippen molar-refractivity contribution in [3.63, 3.8) is 0 Å². The summed E-state index contributed by atoms with van der Waals surface area (Å²) in [6.07, 6.45) is 2.19. The Balaban J connectivity index is 1.68. The number of nitrogens with zero attached hydrogens (tertiary/aromatic N) is 4. The topological polar surface area (TPSA) is 80.5 Å². The minimum absolute atomic E-state index is 0.0215. The lowest BCUT2D eigenvalue weighted by atomic mass is 10.2. The maximum Gasteiger partial charge on any atom is 0.244 e. The Kier molecular flexibility index (Phi) is 4.68. The third-order valence-electron chi connectivity index (χ3n) is 4.11. The Morgan fingerprint density at radius 3 is 2.87 bits per heavy atom. The highest BCUT2D eigenvalue weighted by Gasteiger charge is 2.34. The van der Waals surface area contributed by atoms with Crippen LogP contribution in [0.2, 0.25) is 0 Å². The lowest BCUT2D eigenvalue weighted by Gasteiger charge is -2.22. The zero-order valence-electron chi connectivity index (χ0n) is 13.0. The number of likely N-dealkylation sites (tertiary alicyclic amines) is 1. The first-order chi connectivity index (χ1) is 11.2. The minimum Gasteiger partial charge on any atom is -0.394 e. The predicted octanol–water partition coefficient (Wildman–Crippen LogP) is 0.553. The van der Waals surface area contributed by atoms with Gasteiger partial charge in [0.25, 0.3) is 0 Å². The molecule has 1 aromatic heterocycles. The lowest BCUT2D eigenvalue weighted by molar-refractivity contribution is -0.133. The van der Waals surface area contributed by atoms with Crippen LogP contribution in [-0.2, 0) is 16.1 Å². The van der Waals surface area contributed by atoms with E-state index in [4.69, 9.17) is 4.74 Å². The summed E-state index contributed by atoms with van der Waals surface area (Å²) in [6.45, 7) is 0.547. The number of methoxy groups -OCH3 is 1. The van der Waals surface area contributed by atoms with Crippen LogP contribution in [0.4, 0.5) is 0 Å². The normalized spacial score (nSPS) is 20.9. The summed E-state index contributed by atoms with van der Waals surface area (Å²) in [5, 5.41) is 13.8. The van der Waals surface area contributed by atoms with Crippen LogP contribution in [0.1, 0.15) is 6.42 Å². The Hall–Kier alpha value is -2.25. The van der Waals surface area contributed by atoms with Gasteiger partial charge in [0.05, 0.1) is 18.8 Å². The Morgan fingerprint density at radius 2 is 2.17 bits per heavy atom. The van der Waals surface area contributed by atoms with E-state index in [0.29, 0.717) is 18.8 Å². The first-order valence-electron chi connectivity index (χ1n) is 7.59. The van der Waals surface area contributed by atoms with Crippen LogP contribution in [0.15, 0.2) is 36.7 Å². The largest absolute Gasteiger partial charge is 0.394 e. The van der Waals surface area contributed by atoms with Crippen LogP contribution in [0, 0.1) is 0 Å². The lowest BCUT2D eigenvalue weighted by Crippen LogP contribution is -2.40. The third kappa shape index (κ3) is 3.40. The van der Waals surface area contributed by atoms with Crippen LogP contribution in [0.5, 0.6) is 0 Å². The third-order valence-corrected chi connectivity index (χ3v) is 4.11. The van der Waals surface area contributed by atoms with Crippen LogP contribution in [-0.4, -0.2) is 63.1 Å². The van der Waals surface area contributed by atoms with Gasteiger partial charge in [-0.15, -0.1) is 0 Å². The maximum absolute atomic E-state index is 12.5. The molecule has 0 bridgehead atoms. The Bertz CT molecular complexity index is 658. The van der Waals surface area contributed by atoms with E-state index < -0.39 is 0 Å². The number of carbonyl (C=O) groups excluding carboxylic acids is 1. The van der Waals surface area contributed by atoms with Crippen molar-refractivity contribution in [2.45, 2.75) is 25.1 Å². The molecule has 0 aliphatic carbocycles. The van der Waals surface area contributed by atoms with Crippen LogP contribution in [0.25, 0.3) is 11.4 Å². The summed E-state index contributed by atoms with van der Waals surface area (Å²) in [4.78, 5) is 18.4. The number of rotatable bonds is 5. The van der Waals surface area contributed by atoms with Crippen molar-refractivity contribution in [3.8, 4) is 11.4 Å². The van der Waals surface area contributed by atoms with Crippen molar-refractivity contribution in [2.24, 2.45) is 0 Å². The molecule has 1 aliphatic rings. The number of benzene rings is 1. The van der Waals surface area contributed by atoms with Gasteiger partial charge in [0.1, 0.15) is 12.9 Å². The summed E-state index contributed by atoms with van der Waals surface area (Å²) >= 11 is 0. The molecule has 1 aliphatic heterocycles. The van der Waals surface area contributed by atoms with E-state index >= 15 is 0 Å². The van der Waals surface area contributed by atoms with Crippen molar-refractivity contribution in [3.05, 3.63) is 36.7 Å². The number of hydrogen-bond acceptors (Lipinski definition) is 5. The number of ether oxygens (including phenoxy) is 1. The van der Waals surface area contributed by atoms with Crippen molar-refractivity contribution >= 4 is 5.91 Å². The maximum atomic E-state index is 12.5. The highest BCUT2D eigenvalue weighted by atomic mass is 16.5. The molecule has 1 aromatic carbocycles. The molecule has 0 radical (unpaired) electrons. The van der Waals surface area contributed by atoms with Gasteiger partial charge in [0.2, 0.25) is 5.91 Å². The number of amides is 1. The van der Waals surface area contributed by atoms with Gasteiger partial charge in [-0.3, -0.25) is 4.79 Å². The van der Waals surface area contributed by atoms with Gasteiger partial charge in [-0.05, 0) is 6.42 Å². The molecule has 23 heavy (non-hydrogen) atoms. The molecule has 7 nitrogen and oxygen atoms in total. The molecule has 0 unspecified atom stereocenters. The number of carbonyl (C=O) groups is 1. The zero-order chi connectivity index (χ0) is 16.2. The molecule has 1 fully saturated rings. The second kappa shape index (κ2) is 6.89. The molecule has 2 aromatic rings. The molecule has 2 heterocycles. The number of aliphatic hydroxyl groups excluding tert-OH is 1. The highest BCUT2D eigenvalue weighted by Crippen LogP contribution is 2.20. The Labute approximate surface area is 134 Å². The van der Waals surface area contributed by atoms with Gasteiger partial charge in [-0.2, -0.15) is 5.10 Å². The predicted molar refractivity (Wildman–Crippen MR) is 83.5 cm³/mol. The number of aromatic nitrogens is 3. The fourth-order valence-electron chi connectivity index (χ4n) is 2.84. The SMILES string of the molecule is CO[C@H]1C[C@@H](CO)N(C(=O)Cn2cnc(-c3ccccc3)n2)C1. The van der Waals surface area contributed by atoms with E-state index in [9.17, 15) is 9.90 Å². The molecule has 1 amide bonds. The first-order valence-corrected chi connectivity index (χ1v) is 7.59. The van der Waals surface area contributed by atoms with E-state index in [1.165, 1.54) is 4.68 Å². The Morgan fingerprint density at radius 1 is 1.39 bits per heavy atom. The van der Waals surface area contributed by atoms with Gasteiger partial charge < -0.3 is 14.7 Å². The molecular weight excluding hydrogens is 296 g/mol. The van der Waals surface area contributed by atoms with Crippen molar-refractivity contribution in [2.75, 3.05) is 20.3 Å². The minimum atomic E-state index is -0.190. The molecule has 7 heteroatoms. The zero-order valence-corrected chi connectivity index (χ0v) is 13.0. The fraction of sp³-hybridized carbons (Fsp3) is 0.438. The second-order valence-electron chi connectivity index (χ2n) is 5.61. The van der Waals surface area contributed by atoms with E-state index in [0.717, 1.165) is 5.56 Å². The summed E-state index contributed by atoms with van der Waals surface area (Å²) in [7, 11) is 1.62. The average molecular weight is 316 g/mol. The van der Waals surface area contributed by atoms with E-state index in [1.54, 1.807) is 18.3 Å². The number of aliphatic hydroxyl groups is 1. The van der Waals surface area contributed by atoms with Gasteiger partial charge in [-0.1, -0.05) is 30.3 Å². The molecule has 0 spiro atoms. The molecule has 3 rings (SSSR count). The van der Waals surface area contributed by atoms with Crippen LogP contribution < -0.4 is 0 Å². The van der Waals surface area contributed by atoms with Crippen molar-refractivity contribution in [1.29, 1.82) is 0 Å². The standard InChI is InChI=1S/C16H20N4O3/c1-23-14-7-13(10-21)20(8-14)15(22)9-19-11-17-16(18-19)12-5-3-2-4-6-12/h2-6,11,13-14,21H,7-10H2,1H3/t13-,14-/m0/s1. The van der Waals surface area contributed by atoms with Gasteiger partial charge in [-0.25, -0.2) is 9.67 Å². The summed E-state index contributed by atoms with van der Waals surface area (Å²) in [5.74, 6) is 0.501. The summed E-state index contributed by atoms with van der Waals surface area (Å²) in [5.41, 5.74) is 0.910. The van der Waals surface area contributed by atoms with Gasteiger partial charge >= 0.3 is 0 Å². The quantitative estimate of drug-likeness (QED) is 0.871. The number of hydrogen-bond donors (Lipinski definition) is 1. The fourth-order valence-corrected chi connectivity index (χ4v) is 2.84. The molecule has 1 N–H and O–H groups in total. The van der Waals surface area contributed by atoms with Crippen molar-refractivity contribution in [1.82, 2.24) is 19.7 Å². The van der Waals surface area contributed by atoms with E-state index in [-0.39, 0.29) is 31.2 Å². The molecule has 2 atom stereocenters. The monoisotopic (exact) mass is 316 g/mol. The molecular formula is C16H20N4O3. The summed E-state index contributed by atoms with van der Waals surface area (Å²) in [6, 6.07) is 9.42. The average Bonchev–Trinajstić information content (AvgIpc) is 3.22. The van der Waals surface area contributed by atoms with Gasteiger partial charge in [0.15, 0.2) is 5.82 Å². The van der Waals surface area contributed by atoms with Crippen molar-refractivity contribution < 1.29 is 14.6 Å². The van der Waals surface area contributed by atoms with E-state index in [2.05, 4.69) is 10.1 Å². The highest BCUT2D eigenvalue weighted by molar-refractivity contribution is 5.76. The molecule has 122 valence electrons. The first kappa shape index (κ1) is 15.6. The molecule has 0 saturated carbocycles. The summed E-state index contributed by atoms with van der Waals surface area (Å²) < 4.78 is 6.82. The smallest absolute Gasteiger partial charge is 0.244 e. The van der Waals surface area contributed by atoms with Gasteiger partial charge in [0, 0.05) is 19.2 Å². The molecule has 1 saturated heterocycles. The van der Waals surface area contributed by atoms with E-state index in [1.807, 2.05) is 30.3 Å². The van der Waals surface area contributed by atoms with Crippen LogP contribution in [0.3, 0.4) is 0 Å².